The van der Waals surface area contributed by atoms with E-state index in [2.05, 4.69) is 67.7 Å². The quantitative estimate of drug-likeness (QED) is 0.366. The first-order chi connectivity index (χ1) is 15.1. The van der Waals surface area contributed by atoms with Gasteiger partial charge in [0.2, 0.25) is 11.6 Å². The third-order valence-electron chi connectivity index (χ3n) is 8.69. The lowest BCUT2D eigenvalue weighted by Gasteiger charge is -2.56. The van der Waals surface area contributed by atoms with Gasteiger partial charge in [0.15, 0.2) is 16.6 Å². The van der Waals surface area contributed by atoms with Gasteiger partial charge in [-0.3, -0.25) is 0 Å². The van der Waals surface area contributed by atoms with E-state index >= 15 is 0 Å². The molecule has 1 fully saturated rings. The van der Waals surface area contributed by atoms with E-state index < -0.39 is 52.6 Å². The molecule has 0 bridgehead atoms. The van der Waals surface area contributed by atoms with Crippen LogP contribution in [0, 0.1) is 0 Å². The number of aliphatic hydroxyl groups excluding tert-OH is 1. The van der Waals surface area contributed by atoms with Crippen LogP contribution in [0.3, 0.4) is 0 Å². The molecular weight excluding hydrogens is 468 g/mol. The van der Waals surface area contributed by atoms with Gasteiger partial charge in [-0.1, -0.05) is 47.6 Å². The van der Waals surface area contributed by atoms with Crippen molar-refractivity contribution in [2.75, 3.05) is 20.8 Å². The van der Waals surface area contributed by atoms with Crippen LogP contribution in [-0.4, -0.2) is 78.6 Å². The van der Waals surface area contributed by atoms with Gasteiger partial charge >= 0.3 is 0 Å². The molecule has 0 saturated carbocycles. The smallest absolute Gasteiger partial charge is 0.220 e. The summed E-state index contributed by atoms with van der Waals surface area (Å²) in [6.07, 6.45) is -0.582. The lowest BCUT2D eigenvalue weighted by molar-refractivity contribution is -0.458. The molecule has 0 aromatic heterocycles. The second-order valence-corrected chi connectivity index (χ2v) is 22.6. The van der Waals surface area contributed by atoms with Gasteiger partial charge in [0.1, 0.15) is 18.3 Å². The number of hydrogen-bond donors (Lipinski definition) is 1. The molecule has 7 nitrogen and oxygen atoms in total. The van der Waals surface area contributed by atoms with Crippen molar-refractivity contribution >= 4 is 16.6 Å². The fourth-order valence-electron chi connectivity index (χ4n) is 3.68. The van der Waals surface area contributed by atoms with Crippen molar-refractivity contribution in [2.24, 2.45) is 0 Å². The Balaban J connectivity index is 2.49. The molecule has 6 atom stereocenters. The maximum atomic E-state index is 11.4. The highest BCUT2D eigenvalue weighted by atomic mass is 28.4. The monoisotopic (exact) mass is 518 g/mol. The van der Waals surface area contributed by atoms with Gasteiger partial charge in [-0.15, -0.1) is 0 Å². The molecule has 2 aliphatic rings. The van der Waals surface area contributed by atoms with Crippen LogP contribution in [0.25, 0.3) is 0 Å². The van der Waals surface area contributed by atoms with E-state index in [9.17, 15) is 5.11 Å². The van der Waals surface area contributed by atoms with Gasteiger partial charge in [0.25, 0.3) is 0 Å². The molecule has 34 heavy (non-hydrogen) atoms. The zero-order valence-electron chi connectivity index (χ0n) is 24.0. The molecule has 9 heteroatoms. The Bertz CT molecular complexity index is 755. The minimum absolute atomic E-state index is 0.00529. The third kappa shape index (κ3) is 5.57. The molecule has 1 heterocycles. The van der Waals surface area contributed by atoms with E-state index in [1.165, 1.54) is 0 Å². The standard InChI is InChI=1S/C25H50O7Si2/c1-22(2,3)33(11,12)29-16-17-15-18(32-34(13,14)23(4,5)6)20-21(19(17)26)31-25(8,28-10)24(7,27-9)30-20/h15,18-21,26H,16H2,1-14H3/t18-,19+,20-,21-,24+,25+/m0/s1. The van der Waals surface area contributed by atoms with Crippen molar-refractivity contribution in [3.63, 3.8) is 0 Å². The van der Waals surface area contributed by atoms with E-state index in [1.807, 2.05) is 6.08 Å². The highest BCUT2D eigenvalue weighted by Crippen LogP contribution is 2.46. The van der Waals surface area contributed by atoms with Crippen molar-refractivity contribution in [3.05, 3.63) is 11.6 Å². The van der Waals surface area contributed by atoms with E-state index in [0.29, 0.717) is 6.61 Å². The van der Waals surface area contributed by atoms with Gasteiger partial charge in [-0.2, -0.15) is 0 Å². The van der Waals surface area contributed by atoms with Crippen molar-refractivity contribution in [1.82, 2.24) is 0 Å². The van der Waals surface area contributed by atoms with Crippen molar-refractivity contribution in [1.29, 1.82) is 0 Å². The summed E-state index contributed by atoms with van der Waals surface area (Å²) in [7, 11) is -1.08. The molecule has 1 N–H and O–H groups in total. The number of hydrogen-bond acceptors (Lipinski definition) is 7. The van der Waals surface area contributed by atoms with Gasteiger partial charge < -0.3 is 32.9 Å². The lowest BCUT2D eigenvalue weighted by Crippen LogP contribution is -2.70. The molecule has 0 radical (unpaired) electrons. The average Bonchev–Trinajstić information content (AvgIpc) is 2.68. The summed E-state index contributed by atoms with van der Waals surface area (Å²) in [6, 6.07) is 0. The van der Waals surface area contributed by atoms with Crippen LogP contribution in [0.2, 0.25) is 36.3 Å². The average molecular weight is 519 g/mol. The maximum Gasteiger partial charge on any atom is 0.220 e. The number of fused-ring (bicyclic) bond motifs is 1. The van der Waals surface area contributed by atoms with Crippen molar-refractivity contribution < 1.29 is 32.9 Å². The maximum absolute atomic E-state index is 11.4. The predicted octanol–water partition coefficient (Wildman–Crippen LogP) is 5.21. The Kier molecular flexibility index (Phi) is 8.55. The lowest BCUT2D eigenvalue weighted by atomic mass is 9.87. The van der Waals surface area contributed by atoms with Crippen LogP contribution < -0.4 is 0 Å². The van der Waals surface area contributed by atoms with Crippen LogP contribution in [0.1, 0.15) is 55.4 Å². The number of aliphatic hydroxyl groups is 1. The van der Waals surface area contributed by atoms with Crippen LogP contribution in [0.15, 0.2) is 11.6 Å². The fraction of sp³-hybridized carbons (Fsp3) is 0.920. The molecule has 0 aromatic carbocycles. The molecule has 2 rings (SSSR count). The molecule has 0 spiro atoms. The SMILES string of the molecule is CO[C@]1(C)O[C@@H]2[C@@H](O[C@@]1(C)OC)[C@H](O)C(CO[Si](C)(C)C(C)(C)C)=C[C@@H]2O[Si](C)(C)C(C)(C)C. The molecule has 0 amide bonds. The summed E-state index contributed by atoms with van der Waals surface area (Å²) in [5.74, 6) is -2.39. The van der Waals surface area contributed by atoms with Gasteiger partial charge in [0, 0.05) is 14.2 Å². The second-order valence-electron chi connectivity index (χ2n) is 13.0. The van der Waals surface area contributed by atoms with E-state index in [-0.39, 0.29) is 10.1 Å². The fourth-order valence-corrected chi connectivity index (χ4v) is 5.88. The second kappa shape index (κ2) is 9.65. The summed E-state index contributed by atoms with van der Waals surface area (Å²) in [6.45, 7) is 26.0. The summed E-state index contributed by atoms with van der Waals surface area (Å²) in [5, 5.41) is 11.5. The summed E-state index contributed by atoms with van der Waals surface area (Å²) >= 11 is 0. The first-order valence-corrected chi connectivity index (χ1v) is 18.1. The van der Waals surface area contributed by atoms with Gasteiger partial charge in [-0.25, -0.2) is 0 Å². The van der Waals surface area contributed by atoms with Gasteiger partial charge in [0.05, 0.1) is 12.7 Å². The molecule has 1 aliphatic heterocycles. The predicted molar refractivity (Wildman–Crippen MR) is 140 cm³/mol. The summed E-state index contributed by atoms with van der Waals surface area (Å²) in [4.78, 5) is 0. The molecule has 0 unspecified atom stereocenters. The zero-order valence-corrected chi connectivity index (χ0v) is 26.0. The highest BCUT2D eigenvalue weighted by molar-refractivity contribution is 6.74. The first-order valence-electron chi connectivity index (χ1n) is 12.3. The molecule has 1 saturated heterocycles. The Hall–Kier alpha value is -0.106. The Morgan fingerprint density at radius 2 is 1.29 bits per heavy atom. The normalized spacial score (nSPS) is 35.7. The molecule has 200 valence electrons. The Labute approximate surface area is 209 Å². The number of methoxy groups -OCH3 is 2. The van der Waals surface area contributed by atoms with Crippen LogP contribution in [-0.2, 0) is 27.8 Å². The minimum atomic E-state index is -2.18. The number of rotatable bonds is 7. The summed E-state index contributed by atoms with van der Waals surface area (Å²) in [5.41, 5.74) is 0.762. The van der Waals surface area contributed by atoms with Crippen molar-refractivity contribution in [3.8, 4) is 0 Å². The van der Waals surface area contributed by atoms with E-state index in [4.69, 9.17) is 27.8 Å². The Morgan fingerprint density at radius 1 is 0.853 bits per heavy atom. The summed E-state index contributed by atoms with van der Waals surface area (Å²) < 4.78 is 37.7. The highest BCUT2D eigenvalue weighted by Gasteiger charge is 2.61. The first kappa shape index (κ1) is 30.1. The van der Waals surface area contributed by atoms with Crippen LogP contribution in [0.5, 0.6) is 0 Å². The molecule has 0 aromatic rings. The van der Waals surface area contributed by atoms with Crippen LogP contribution >= 0.6 is 0 Å². The van der Waals surface area contributed by atoms with E-state index in [1.54, 1.807) is 28.1 Å². The topological polar surface area (TPSA) is 75.6 Å². The zero-order chi connectivity index (χ0) is 26.5. The number of ether oxygens (including phenoxy) is 4. The minimum Gasteiger partial charge on any atom is -0.413 e. The van der Waals surface area contributed by atoms with Crippen LogP contribution in [0.4, 0.5) is 0 Å². The molecular formula is C25H50O7Si2. The molecule has 1 aliphatic carbocycles. The largest absolute Gasteiger partial charge is 0.413 e. The van der Waals surface area contributed by atoms with Gasteiger partial charge in [-0.05, 0) is 55.7 Å². The van der Waals surface area contributed by atoms with Crippen molar-refractivity contribution in [2.45, 2.75) is 128 Å². The Morgan fingerprint density at radius 3 is 1.71 bits per heavy atom. The third-order valence-corrected chi connectivity index (χ3v) is 17.6. The van der Waals surface area contributed by atoms with E-state index in [0.717, 1.165) is 5.57 Å².